The van der Waals surface area contributed by atoms with Crippen LogP contribution in [0.2, 0.25) is 5.02 Å². The summed E-state index contributed by atoms with van der Waals surface area (Å²) in [7, 11) is -2.22. The summed E-state index contributed by atoms with van der Waals surface area (Å²) in [6.45, 7) is -0.294. The molecule has 0 fully saturated rings. The molecule has 0 heterocycles. The third-order valence-electron chi connectivity index (χ3n) is 1.84. The molecule has 5 nitrogen and oxygen atoms in total. The number of aliphatic hydroxyl groups is 1. The van der Waals surface area contributed by atoms with Crippen LogP contribution in [0.4, 0.5) is 0 Å². The van der Waals surface area contributed by atoms with Gasteiger partial charge in [-0.25, -0.2) is 13.1 Å². The molecule has 0 radical (unpaired) electrons. The summed E-state index contributed by atoms with van der Waals surface area (Å²) in [5, 5.41) is 8.89. The highest BCUT2D eigenvalue weighted by Crippen LogP contribution is 2.26. The lowest BCUT2D eigenvalue weighted by Gasteiger charge is -2.08. The number of methoxy groups -OCH3 is 1. The summed E-state index contributed by atoms with van der Waals surface area (Å²) in [6.07, 6.45) is 0. The predicted molar refractivity (Wildman–Crippen MR) is 60.3 cm³/mol. The molecule has 0 aliphatic carbocycles. The maximum atomic E-state index is 11.6. The summed E-state index contributed by atoms with van der Waals surface area (Å²) >= 11 is 5.77. The highest BCUT2D eigenvalue weighted by Gasteiger charge is 2.15. The minimum atomic E-state index is -3.62. The second-order valence-corrected chi connectivity index (χ2v) is 5.09. The van der Waals surface area contributed by atoms with Crippen LogP contribution in [0, 0.1) is 0 Å². The van der Waals surface area contributed by atoms with Crippen LogP contribution in [-0.4, -0.2) is 33.8 Å². The Hall–Kier alpha value is -0.820. The van der Waals surface area contributed by atoms with E-state index in [0.29, 0.717) is 5.02 Å². The second-order valence-electron chi connectivity index (χ2n) is 2.92. The van der Waals surface area contributed by atoms with Gasteiger partial charge < -0.3 is 9.84 Å². The maximum Gasteiger partial charge on any atom is 0.240 e. The zero-order chi connectivity index (χ0) is 12.2. The molecule has 0 saturated heterocycles. The number of hydrogen-bond donors (Lipinski definition) is 2. The van der Waals surface area contributed by atoms with Crippen LogP contribution in [-0.2, 0) is 10.0 Å². The topological polar surface area (TPSA) is 75.6 Å². The van der Waals surface area contributed by atoms with E-state index in [0.717, 1.165) is 0 Å². The van der Waals surface area contributed by atoms with Crippen LogP contribution in [0.5, 0.6) is 5.75 Å². The Bertz CT molecular complexity index is 461. The first-order chi connectivity index (χ1) is 7.51. The van der Waals surface area contributed by atoms with Crippen LogP contribution in [0.3, 0.4) is 0 Å². The molecule has 0 aliphatic rings. The van der Waals surface area contributed by atoms with Crippen molar-refractivity contribution >= 4 is 21.6 Å². The number of benzene rings is 1. The molecule has 0 aromatic heterocycles. The monoisotopic (exact) mass is 265 g/mol. The van der Waals surface area contributed by atoms with Gasteiger partial charge in [-0.15, -0.1) is 0 Å². The van der Waals surface area contributed by atoms with Crippen LogP contribution < -0.4 is 9.46 Å². The van der Waals surface area contributed by atoms with E-state index in [4.69, 9.17) is 21.4 Å². The average molecular weight is 266 g/mol. The fourth-order valence-electron chi connectivity index (χ4n) is 1.07. The Balaban J connectivity index is 3.04. The smallest absolute Gasteiger partial charge is 0.240 e. The van der Waals surface area contributed by atoms with Crippen molar-refractivity contribution in [2.24, 2.45) is 0 Å². The largest absolute Gasteiger partial charge is 0.495 e. The van der Waals surface area contributed by atoms with Crippen molar-refractivity contribution in [3.8, 4) is 5.75 Å². The van der Waals surface area contributed by atoms with Crippen molar-refractivity contribution in [1.29, 1.82) is 0 Å². The lowest BCUT2D eigenvalue weighted by Crippen LogP contribution is -2.26. The van der Waals surface area contributed by atoms with Crippen molar-refractivity contribution in [2.75, 3.05) is 20.3 Å². The van der Waals surface area contributed by atoms with E-state index < -0.39 is 10.0 Å². The fraction of sp³-hybridized carbons (Fsp3) is 0.333. The van der Waals surface area contributed by atoms with E-state index >= 15 is 0 Å². The molecule has 1 rings (SSSR count). The van der Waals surface area contributed by atoms with Crippen molar-refractivity contribution in [1.82, 2.24) is 4.72 Å². The second kappa shape index (κ2) is 5.49. The fourth-order valence-corrected chi connectivity index (χ4v) is 2.30. The Morgan fingerprint density at radius 3 is 2.75 bits per heavy atom. The molecule has 0 aliphatic heterocycles. The van der Waals surface area contributed by atoms with Gasteiger partial charge in [0.15, 0.2) is 0 Å². The van der Waals surface area contributed by atoms with Crippen LogP contribution >= 0.6 is 11.6 Å². The highest BCUT2D eigenvalue weighted by molar-refractivity contribution is 7.89. The summed E-state index contributed by atoms with van der Waals surface area (Å²) in [5.74, 6) is 0.286. The number of aliphatic hydroxyl groups excluding tert-OH is 1. The van der Waals surface area contributed by atoms with Crippen molar-refractivity contribution in [3.05, 3.63) is 23.2 Å². The molecule has 0 unspecified atom stereocenters. The molecule has 1 aromatic rings. The molecule has 0 spiro atoms. The molecule has 2 N–H and O–H groups in total. The maximum absolute atomic E-state index is 11.6. The van der Waals surface area contributed by atoms with Gasteiger partial charge in [0, 0.05) is 12.6 Å². The van der Waals surface area contributed by atoms with Gasteiger partial charge in [-0.1, -0.05) is 11.6 Å². The average Bonchev–Trinajstić information content (AvgIpc) is 2.27. The lowest BCUT2D eigenvalue weighted by atomic mass is 10.3. The number of hydrogen-bond acceptors (Lipinski definition) is 4. The lowest BCUT2D eigenvalue weighted by molar-refractivity contribution is 0.301. The van der Waals surface area contributed by atoms with E-state index in [1.807, 2.05) is 0 Å². The van der Waals surface area contributed by atoms with Gasteiger partial charge in [0.25, 0.3) is 0 Å². The Kier molecular flexibility index (Phi) is 4.55. The van der Waals surface area contributed by atoms with Crippen molar-refractivity contribution < 1.29 is 18.3 Å². The minimum absolute atomic E-state index is 0.0344. The van der Waals surface area contributed by atoms with Gasteiger partial charge in [0.05, 0.1) is 23.6 Å². The molecule has 0 amide bonds. The number of sulfonamides is 1. The summed E-state index contributed by atoms with van der Waals surface area (Å²) in [5.41, 5.74) is 0. The van der Waals surface area contributed by atoms with E-state index in [-0.39, 0.29) is 23.8 Å². The minimum Gasteiger partial charge on any atom is -0.495 e. The third-order valence-corrected chi connectivity index (χ3v) is 3.61. The van der Waals surface area contributed by atoms with E-state index in [1.165, 1.54) is 25.3 Å². The molecule has 0 atom stereocenters. The Morgan fingerprint density at radius 2 is 2.19 bits per heavy atom. The van der Waals surface area contributed by atoms with Gasteiger partial charge in [0.2, 0.25) is 10.0 Å². The molecular formula is C9H12ClNO4S. The van der Waals surface area contributed by atoms with E-state index in [9.17, 15) is 8.42 Å². The number of nitrogens with one attached hydrogen (secondary N) is 1. The number of rotatable bonds is 5. The molecular weight excluding hydrogens is 254 g/mol. The first-order valence-corrected chi connectivity index (χ1v) is 6.31. The van der Waals surface area contributed by atoms with Gasteiger partial charge >= 0.3 is 0 Å². The van der Waals surface area contributed by atoms with Crippen molar-refractivity contribution in [3.63, 3.8) is 0 Å². The van der Waals surface area contributed by atoms with Crippen molar-refractivity contribution in [2.45, 2.75) is 4.90 Å². The SMILES string of the molecule is COc1cc(S(=O)(=O)NCCO)ccc1Cl. The molecule has 90 valence electrons. The van der Waals surface area contributed by atoms with E-state index in [2.05, 4.69) is 4.72 Å². The predicted octanol–water partition coefficient (Wildman–Crippen LogP) is 0.619. The summed E-state index contributed by atoms with van der Waals surface area (Å²) in [6, 6.07) is 4.13. The Labute approximate surface area is 99.0 Å². The van der Waals surface area contributed by atoms with Gasteiger partial charge in [-0.2, -0.15) is 0 Å². The van der Waals surface area contributed by atoms with Crippen LogP contribution in [0.1, 0.15) is 0 Å². The summed E-state index contributed by atoms with van der Waals surface area (Å²) in [4.78, 5) is 0.0437. The van der Waals surface area contributed by atoms with Crippen LogP contribution in [0.15, 0.2) is 23.1 Å². The zero-order valence-corrected chi connectivity index (χ0v) is 10.2. The molecule has 1 aromatic carbocycles. The Morgan fingerprint density at radius 1 is 1.50 bits per heavy atom. The zero-order valence-electron chi connectivity index (χ0n) is 8.60. The molecule has 0 bridgehead atoms. The first kappa shape index (κ1) is 13.2. The highest BCUT2D eigenvalue weighted by atomic mass is 35.5. The van der Waals surface area contributed by atoms with Gasteiger partial charge in [-0.3, -0.25) is 0 Å². The molecule has 7 heteroatoms. The number of ether oxygens (including phenoxy) is 1. The summed E-state index contributed by atoms with van der Waals surface area (Å²) < 4.78 is 30.4. The third kappa shape index (κ3) is 3.08. The van der Waals surface area contributed by atoms with Gasteiger partial charge in [-0.05, 0) is 12.1 Å². The number of halogens is 1. The van der Waals surface area contributed by atoms with Gasteiger partial charge in [0.1, 0.15) is 5.75 Å². The quantitative estimate of drug-likeness (QED) is 0.818. The molecule has 16 heavy (non-hydrogen) atoms. The van der Waals surface area contributed by atoms with E-state index in [1.54, 1.807) is 0 Å². The first-order valence-electron chi connectivity index (χ1n) is 4.45. The normalized spacial score (nSPS) is 11.4. The standard InChI is InChI=1S/C9H12ClNO4S/c1-15-9-6-7(2-3-8(9)10)16(13,14)11-4-5-12/h2-3,6,11-12H,4-5H2,1H3. The van der Waals surface area contributed by atoms with Crippen LogP contribution in [0.25, 0.3) is 0 Å². The molecule has 0 saturated carbocycles.